The van der Waals surface area contributed by atoms with Crippen molar-refractivity contribution in [2.45, 2.75) is 58.4 Å². The van der Waals surface area contributed by atoms with E-state index in [1.165, 1.54) is 32.4 Å². The fourth-order valence-electron chi connectivity index (χ4n) is 2.72. The number of hydrogen-bond donors (Lipinski definition) is 1. The van der Waals surface area contributed by atoms with Crippen molar-refractivity contribution in [3.63, 3.8) is 0 Å². The van der Waals surface area contributed by atoms with Crippen molar-refractivity contribution in [2.75, 3.05) is 26.2 Å². The minimum Gasteiger partial charge on any atom is -0.466 e. The van der Waals surface area contributed by atoms with Gasteiger partial charge < -0.3 is 15.4 Å². The summed E-state index contributed by atoms with van der Waals surface area (Å²) in [7, 11) is 0. The highest BCUT2D eigenvalue weighted by Gasteiger charge is 2.21. The first-order valence-corrected chi connectivity index (χ1v) is 7.77. The van der Waals surface area contributed by atoms with Crippen molar-refractivity contribution >= 4 is 5.97 Å². The predicted molar refractivity (Wildman–Crippen MR) is 77.9 cm³/mol. The van der Waals surface area contributed by atoms with E-state index in [-0.39, 0.29) is 5.97 Å². The van der Waals surface area contributed by atoms with Crippen LogP contribution in [0.25, 0.3) is 0 Å². The standard InChI is InChI=1S/C15H30N2O2/c1-3-19-15(18)7-5-4-6-10-17-11-8-14(9-12-17)13(2)16/h13-14H,3-12,16H2,1-2H3. The summed E-state index contributed by atoms with van der Waals surface area (Å²) in [6.45, 7) is 8.00. The third-order valence-corrected chi connectivity index (χ3v) is 4.04. The predicted octanol–water partition coefficient (Wildman–Crippen LogP) is 2.17. The first kappa shape index (κ1) is 16.4. The molecular weight excluding hydrogens is 240 g/mol. The molecule has 0 aliphatic carbocycles. The molecule has 1 aliphatic heterocycles. The Kier molecular flexibility index (Phi) is 8.07. The van der Waals surface area contributed by atoms with Gasteiger partial charge in [0.1, 0.15) is 0 Å². The number of unbranched alkanes of at least 4 members (excludes halogenated alkanes) is 2. The lowest BCUT2D eigenvalue weighted by Gasteiger charge is -2.33. The Hall–Kier alpha value is -0.610. The highest BCUT2D eigenvalue weighted by Crippen LogP contribution is 2.19. The lowest BCUT2D eigenvalue weighted by molar-refractivity contribution is -0.143. The van der Waals surface area contributed by atoms with E-state index in [0.717, 1.165) is 19.4 Å². The molecule has 4 heteroatoms. The summed E-state index contributed by atoms with van der Waals surface area (Å²) < 4.78 is 4.91. The number of piperidine rings is 1. The number of likely N-dealkylation sites (tertiary alicyclic amines) is 1. The summed E-state index contributed by atoms with van der Waals surface area (Å²) in [5.74, 6) is 0.653. The van der Waals surface area contributed by atoms with E-state index in [2.05, 4.69) is 11.8 Å². The molecule has 2 N–H and O–H groups in total. The van der Waals surface area contributed by atoms with Crippen LogP contribution in [0.15, 0.2) is 0 Å². The highest BCUT2D eigenvalue weighted by atomic mass is 16.5. The summed E-state index contributed by atoms with van der Waals surface area (Å²) in [4.78, 5) is 13.7. The van der Waals surface area contributed by atoms with Gasteiger partial charge >= 0.3 is 5.97 Å². The number of nitrogens with two attached hydrogens (primary N) is 1. The minimum absolute atomic E-state index is 0.0553. The van der Waals surface area contributed by atoms with Gasteiger partial charge in [-0.1, -0.05) is 6.42 Å². The molecule has 0 radical (unpaired) electrons. The van der Waals surface area contributed by atoms with Gasteiger partial charge in [-0.2, -0.15) is 0 Å². The summed E-state index contributed by atoms with van der Waals surface area (Å²) >= 11 is 0. The van der Waals surface area contributed by atoms with Crippen molar-refractivity contribution in [3.8, 4) is 0 Å². The molecule has 4 nitrogen and oxygen atoms in total. The number of carbonyl (C=O) groups is 1. The molecule has 1 aliphatic rings. The molecule has 112 valence electrons. The lowest BCUT2D eigenvalue weighted by Crippen LogP contribution is -2.40. The topological polar surface area (TPSA) is 55.6 Å². The van der Waals surface area contributed by atoms with Crippen molar-refractivity contribution < 1.29 is 9.53 Å². The average molecular weight is 270 g/mol. The van der Waals surface area contributed by atoms with Gasteiger partial charge in [0.25, 0.3) is 0 Å². The number of hydrogen-bond acceptors (Lipinski definition) is 4. The van der Waals surface area contributed by atoms with E-state index >= 15 is 0 Å². The molecule has 1 heterocycles. The maximum absolute atomic E-state index is 11.2. The fraction of sp³-hybridized carbons (Fsp3) is 0.933. The number of esters is 1. The summed E-state index contributed by atoms with van der Waals surface area (Å²) in [5, 5.41) is 0. The fourth-order valence-corrected chi connectivity index (χ4v) is 2.72. The van der Waals surface area contributed by atoms with Gasteiger partial charge in [0.2, 0.25) is 0 Å². The second kappa shape index (κ2) is 9.32. The summed E-state index contributed by atoms with van der Waals surface area (Å²) in [6, 6.07) is 0.340. The molecule has 1 fully saturated rings. The SMILES string of the molecule is CCOC(=O)CCCCCN1CCC(C(C)N)CC1. The first-order valence-electron chi connectivity index (χ1n) is 7.77. The van der Waals surface area contributed by atoms with Crippen LogP contribution < -0.4 is 5.73 Å². The van der Waals surface area contributed by atoms with Crippen molar-refractivity contribution in [1.29, 1.82) is 0 Å². The van der Waals surface area contributed by atoms with Crippen LogP contribution in [0.2, 0.25) is 0 Å². The number of carbonyl (C=O) groups excluding carboxylic acids is 1. The van der Waals surface area contributed by atoms with Gasteiger partial charge in [0.15, 0.2) is 0 Å². The Morgan fingerprint density at radius 2 is 2.00 bits per heavy atom. The van der Waals surface area contributed by atoms with Crippen LogP contribution in [0, 0.1) is 5.92 Å². The largest absolute Gasteiger partial charge is 0.466 e. The molecule has 1 rings (SSSR count). The average Bonchev–Trinajstić information content (AvgIpc) is 2.39. The van der Waals surface area contributed by atoms with Crippen molar-refractivity contribution in [3.05, 3.63) is 0 Å². The van der Waals surface area contributed by atoms with Crippen LogP contribution in [0.3, 0.4) is 0 Å². The molecule has 0 amide bonds. The van der Waals surface area contributed by atoms with E-state index in [1.807, 2.05) is 6.92 Å². The first-order chi connectivity index (χ1) is 9.13. The number of ether oxygens (including phenoxy) is 1. The minimum atomic E-state index is -0.0553. The maximum atomic E-state index is 11.2. The second-order valence-corrected chi connectivity index (χ2v) is 5.65. The van der Waals surface area contributed by atoms with Crippen LogP contribution in [-0.2, 0) is 9.53 Å². The molecular formula is C15H30N2O2. The Balaban J connectivity index is 1.98. The summed E-state index contributed by atoms with van der Waals surface area (Å²) in [6.07, 6.45) is 6.30. The zero-order chi connectivity index (χ0) is 14.1. The monoisotopic (exact) mass is 270 g/mol. The zero-order valence-electron chi connectivity index (χ0n) is 12.6. The quantitative estimate of drug-likeness (QED) is 0.542. The number of rotatable bonds is 8. The van der Waals surface area contributed by atoms with Gasteiger partial charge in [0.05, 0.1) is 6.61 Å². The van der Waals surface area contributed by atoms with Gasteiger partial charge in [-0.15, -0.1) is 0 Å². The van der Waals surface area contributed by atoms with Crippen molar-refractivity contribution in [1.82, 2.24) is 4.90 Å². The van der Waals surface area contributed by atoms with E-state index in [1.54, 1.807) is 0 Å². The molecule has 1 atom stereocenters. The molecule has 1 saturated heterocycles. The third-order valence-electron chi connectivity index (χ3n) is 4.04. The lowest BCUT2D eigenvalue weighted by atomic mass is 9.91. The van der Waals surface area contributed by atoms with Crippen molar-refractivity contribution in [2.24, 2.45) is 11.7 Å². The maximum Gasteiger partial charge on any atom is 0.305 e. The van der Waals surface area contributed by atoms with Crippen LogP contribution >= 0.6 is 0 Å². The van der Waals surface area contributed by atoms with E-state index in [9.17, 15) is 4.79 Å². The van der Waals surface area contributed by atoms with E-state index < -0.39 is 0 Å². The smallest absolute Gasteiger partial charge is 0.305 e. The Morgan fingerprint density at radius 3 is 2.58 bits per heavy atom. The van der Waals surface area contributed by atoms with Crippen LogP contribution in [0.4, 0.5) is 0 Å². The Bertz CT molecular complexity index is 249. The molecule has 1 unspecified atom stereocenters. The molecule has 0 aromatic heterocycles. The van der Waals surface area contributed by atoms with Crippen LogP contribution in [-0.4, -0.2) is 43.2 Å². The number of nitrogens with zero attached hydrogens (tertiary/aromatic N) is 1. The van der Waals surface area contributed by atoms with E-state index in [4.69, 9.17) is 10.5 Å². The summed E-state index contributed by atoms with van der Waals surface area (Å²) in [5.41, 5.74) is 5.94. The highest BCUT2D eigenvalue weighted by molar-refractivity contribution is 5.69. The molecule has 0 bridgehead atoms. The molecule has 0 spiro atoms. The zero-order valence-corrected chi connectivity index (χ0v) is 12.6. The molecule has 0 saturated carbocycles. The molecule has 0 aromatic carbocycles. The van der Waals surface area contributed by atoms with Gasteiger partial charge in [-0.3, -0.25) is 4.79 Å². The molecule has 0 aromatic rings. The normalized spacial score (nSPS) is 19.3. The third kappa shape index (κ3) is 6.92. The van der Waals surface area contributed by atoms with E-state index in [0.29, 0.717) is 25.0 Å². The Morgan fingerprint density at radius 1 is 1.32 bits per heavy atom. The Labute approximate surface area is 117 Å². The van der Waals surface area contributed by atoms with Gasteiger partial charge in [-0.25, -0.2) is 0 Å². The molecule has 19 heavy (non-hydrogen) atoms. The van der Waals surface area contributed by atoms with Crippen LogP contribution in [0.1, 0.15) is 52.4 Å². The van der Waals surface area contributed by atoms with Crippen LogP contribution in [0.5, 0.6) is 0 Å². The van der Waals surface area contributed by atoms with Gasteiger partial charge in [-0.05, 0) is 65.1 Å². The van der Waals surface area contributed by atoms with Gasteiger partial charge in [0, 0.05) is 12.5 Å². The second-order valence-electron chi connectivity index (χ2n) is 5.65.